The zero-order chi connectivity index (χ0) is 14.0. The van der Waals surface area contributed by atoms with E-state index in [4.69, 9.17) is 5.73 Å². The summed E-state index contributed by atoms with van der Waals surface area (Å²) in [6, 6.07) is 10.0. The third-order valence-corrected chi connectivity index (χ3v) is 4.47. The Morgan fingerprint density at radius 1 is 1.25 bits per heavy atom. The van der Waals surface area contributed by atoms with E-state index in [1.165, 1.54) is 25.7 Å². The molecule has 1 fully saturated rings. The van der Waals surface area contributed by atoms with Crippen molar-refractivity contribution in [1.82, 2.24) is 10.3 Å². The number of nitrogens with one attached hydrogen (secondary N) is 1. The van der Waals surface area contributed by atoms with Gasteiger partial charge in [-0.15, -0.1) is 0 Å². The molecule has 0 spiro atoms. The van der Waals surface area contributed by atoms with Crippen molar-refractivity contribution in [3.8, 4) is 0 Å². The van der Waals surface area contributed by atoms with Gasteiger partial charge in [0.25, 0.3) is 0 Å². The zero-order valence-corrected chi connectivity index (χ0v) is 12.2. The molecule has 1 aromatic carbocycles. The number of para-hydroxylation sites is 1. The van der Waals surface area contributed by atoms with E-state index in [2.05, 4.69) is 17.2 Å². The molecular weight excluding hydrogens is 246 g/mol. The number of benzene rings is 1. The van der Waals surface area contributed by atoms with Crippen molar-refractivity contribution in [2.75, 3.05) is 12.3 Å². The smallest absolute Gasteiger partial charge is 0.0726 e. The Kier molecular flexibility index (Phi) is 3.62. The van der Waals surface area contributed by atoms with Crippen LogP contribution in [-0.4, -0.2) is 11.5 Å². The van der Waals surface area contributed by atoms with Crippen molar-refractivity contribution >= 4 is 16.6 Å². The van der Waals surface area contributed by atoms with Gasteiger partial charge in [0.1, 0.15) is 0 Å². The first-order chi connectivity index (χ1) is 9.66. The van der Waals surface area contributed by atoms with Crippen molar-refractivity contribution in [1.29, 1.82) is 0 Å². The second-order valence-corrected chi connectivity index (χ2v) is 6.34. The van der Waals surface area contributed by atoms with Gasteiger partial charge in [-0.3, -0.25) is 4.98 Å². The Bertz CT molecular complexity index is 600. The van der Waals surface area contributed by atoms with Crippen molar-refractivity contribution in [2.45, 2.75) is 39.2 Å². The minimum atomic E-state index is 0.475. The summed E-state index contributed by atoms with van der Waals surface area (Å²) in [5, 5.41) is 4.60. The summed E-state index contributed by atoms with van der Waals surface area (Å²) in [6.45, 7) is 4.25. The molecule has 0 radical (unpaired) electrons. The van der Waals surface area contributed by atoms with Gasteiger partial charge in [-0.05, 0) is 30.4 Å². The van der Waals surface area contributed by atoms with E-state index in [0.717, 1.165) is 35.4 Å². The molecule has 0 bridgehead atoms. The van der Waals surface area contributed by atoms with Gasteiger partial charge < -0.3 is 11.1 Å². The van der Waals surface area contributed by atoms with E-state index in [1.54, 1.807) is 0 Å². The molecule has 0 saturated heterocycles. The molecule has 2 aromatic rings. The summed E-state index contributed by atoms with van der Waals surface area (Å²) in [4.78, 5) is 4.68. The largest absolute Gasteiger partial charge is 0.398 e. The minimum Gasteiger partial charge on any atom is -0.398 e. The van der Waals surface area contributed by atoms with Gasteiger partial charge in [-0.1, -0.05) is 38.0 Å². The van der Waals surface area contributed by atoms with Crippen molar-refractivity contribution in [3.63, 3.8) is 0 Å². The molecule has 3 N–H and O–H groups in total. The number of rotatable bonds is 4. The number of hydrogen-bond donors (Lipinski definition) is 2. The fourth-order valence-electron chi connectivity index (χ4n) is 3.25. The molecule has 0 aliphatic heterocycles. The molecule has 1 aliphatic rings. The second kappa shape index (κ2) is 5.41. The normalized spacial score (nSPS) is 17.6. The number of nitrogens with two attached hydrogens (primary N) is 1. The van der Waals surface area contributed by atoms with E-state index >= 15 is 0 Å². The van der Waals surface area contributed by atoms with E-state index in [0.29, 0.717) is 5.41 Å². The first-order valence-corrected chi connectivity index (χ1v) is 7.51. The summed E-state index contributed by atoms with van der Waals surface area (Å²) in [5.74, 6) is 0. The molecule has 20 heavy (non-hydrogen) atoms. The minimum absolute atomic E-state index is 0.475. The third kappa shape index (κ3) is 2.78. The van der Waals surface area contributed by atoms with Gasteiger partial charge in [0.2, 0.25) is 0 Å². The number of anilines is 1. The Balaban J connectivity index is 1.68. The highest BCUT2D eigenvalue weighted by molar-refractivity contribution is 5.90. The Labute approximate surface area is 120 Å². The summed E-state index contributed by atoms with van der Waals surface area (Å²) in [7, 11) is 0. The SMILES string of the molecule is CC1(CNCc2cc(N)c3ccccc3n2)CCCC1. The van der Waals surface area contributed by atoms with Crippen LogP contribution in [0.3, 0.4) is 0 Å². The third-order valence-electron chi connectivity index (χ3n) is 4.47. The van der Waals surface area contributed by atoms with Gasteiger partial charge in [0.05, 0.1) is 11.2 Å². The fourth-order valence-corrected chi connectivity index (χ4v) is 3.25. The molecule has 1 aliphatic carbocycles. The van der Waals surface area contributed by atoms with Crippen LogP contribution in [0, 0.1) is 5.41 Å². The van der Waals surface area contributed by atoms with Crippen LogP contribution in [-0.2, 0) is 6.54 Å². The standard InChI is InChI=1S/C17H23N3/c1-17(8-4-5-9-17)12-19-11-13-10-15(18)14-6-2-3-7-16(14)20-13/h2-3,6-7,10,19H,4-5,8-9,11-12H2,1H3,(H2,18,20). The Morgan fingerprint density at radius 2 is 2.00 bits per heavy atom. The quantitative estimate of drug-likeness (QED) is 0.893. The van der Waals surface area contributed by atoms with Crippen molar-refractivity contribution in [2.24, 2.45) is 5.41 Å². The van der Waals surface area contributed by atoms with Crippen LogP contribution in [0.2, 0.25) is 0 Å². The highest BCUT2D eigenvalue weighted by Crippen LogP contribution is 2.36. The van der Waals surface area contributed by atoms with Crippen LogP contribution < -0.4 is 11.1 Å². The molecule has 0 unspecified atom stereocenters. The van der Waals surface area contributed by atoms with Crippen LogP contribution >= 0.6 is 0 Å². The maximum Gasteiger partial charge on any atom is 0.0726 e. The lowest BCUT2D eigenvalue weighted by Crippen LogP contribution is -2.29. The second-order valence-electron chi connectivity index (χ2n) is 6.34. The predicted octanol–water partition coefficient (Wildman–Crippen LogP) is 3.49. The lowest BCUT2D eigenvalue weighted by Gasteiger charge is -2.23. The zero-order valence-electron chi connectivity index (χ0n) is 12.2. The average molecular weight is 269 g/mol. The molecule has 1 saturated carbocycles. The average Bonchev–Trinajstić information content (AvgIpc) is 2.86. The van der Waals surface area contributed by atoms with Gasteiger partial charge in [0.15, 0.2) is 0 Å². The summed E-state index contributed by atoms with van der Waals surface area (Å²) in [5.41, 5.74) is 9.42. The highest BCUT2D eigenvalue weighted by Gasteiger charge is 2.27. The van der Waals surface area contributed by atoms with Gasteiger partial charge in [0, 0.05) is 24.2 Å². The monoisotopic (exact) mass is 269 g/mol. The van der Waals surface area contributed by atoms with Gasteiger partial charge in [-0.25, -0.2) is 0 Å². The highest BCUT2D eigenvalue weighted by atomic mass is 14.9. The first-order valence-electron chi connectivity index (χ1n) is 7.51. The van der Waals surface area contributed by atoms with Crippen molar-refractivity contribution < 1.29 is 0 Å². The Hall–Kier alpha value is -1.61. The Morgan fingerprint density at radius 3 is 2.80 bits per heavy atom. The molecule has 3 heteroatoms. The number of hydrogen-bond acceptors (Lipinski definition) is 3. The lowest BCUT2D eigenvalue weighted by atomic mass is 9.89. The van der Waals surface area contributed by atoms with Crippen molar-refractivity contribution in [3.05, 3.63) is 36.0 Å². The molecular formula is C17H23N3. The van der Waals surface area contributed by atoms with Crippen LogP contribution in [0.5, 0.6) is 0 Å². The number of nitrogen functional groups attached to an aromatic ring is 1. The molecule has 1 heterocycles. The fraction of sp³-hybridized carbons (Fsp3) is 0.471. The topological polar surface area (TPSA) is 50.9 Å². The van der Waals surface area contributed by atoms with Crippen LogP contribution in [0.15, 0.2) is 30.3 Å². The number of fused-ring (bicyclic) bond motifs is 1. The summed E-state index contributed by atoms with van der Waals surface area (Å²) < 4.78 is 0. The molecule has 0 amide bonds. The van der Waals surface area contributed by atoms with Crippen LogP contribution in [0.25, 0.3) is 10.9 Å². The number of aromatic nitrogens is 1. The van der Waals surface area contributed by atoms with E-state index in [-0.39, 0.29) is 0 Å². The summed E-state index contributed by atoms with van der Waals surface area (Å²) >= 11 is 0. The first kappa shape index (κ1) is 13.4. The molecule has 1 aromatic heterocycles. The van der Waals surface area contributed by atoms with E-state index in [1.807, 2.05) is 30.3 Å². The molecule has 3 rings (SSSR count). The number of nitrogens with zero attached hydrogens (tertiary/aromatic N) is 1. The van der Waals surface area contributed by atoms with Crippen LogP contribution in [0.1, 0.15) is 38.3 Å². The van der Waals surface area contributed by atoms with Gasteiger partial charge >= 0.3 is 0 Å². The lowest BCUT2D eigenvalue weighted by molar-refractivity contribution is 0.314. The summed E-state index contributed by atoms with van der Waals surface area (Å²) in [6.07, 6.45) is 5.43. The number of pyridine rings is 1. The maximum absolute atomic E-state index is 6.11. The van der Waals surface area contributed by atoms with E-state index < -0.39 is 0 Å². The molecule has 0 atom stereocenters. The predicted molar refractivity (Wildman–Crippen MR) is 84.4 cm³/mol. The maximum atomic E-state index is 6.11. The van der Waals surface area contributed by atoms with Gasteiger partial charge in [-0.2, -0.15) is 0 Å². The van der Waals surface area contributed by atoms with E-state index in [9.17, 15) is 0 Å². The molecule has 3 nitrogen and oxygen atoms in total. The van der Waals surface area contributed by atoms with Crippen LogP contribution in [0.4, 0.5) is 5.69 Å². The molecule has 106 valence electrons.